The van der Waals surface area contributed by atoms with Gasteiger partial charge in [0, 0.05) is 25.6 Å². The van der Waals surface area contributed by atoms with Crippen LogP contribution in [0.3, 0.4) is 0 Å². The Kier molecular flexibility index (Phi) is 14.5. The summed E-state index contributed by atoms with van der Waals surface area (Å²) < 4.78 is 0. The number of halogens is 2. The van der Waals surface area contributed by atoms with Gasteiger partial charge in [-0.1, -0.05) is 13.8 Å². The molecule has 1 fully saturated rings. The van der Waals surface area contributed by atoms with Crippen LogP contribution in [0.5, 0.6) is 0 Å². The van der Waals surface area contributed by atoms with Gasteiger partial charge in [-0.15, -0.1) is 24.8 Å². The Labute approximate surface area is 129 Å². The maximum absolute atomic E-state index is 11.7. The van der Waals surface area contributed by atoms with Crippen molar-refractivity contribution in [2.24, 2.45) is 0 Å². The average molecular weight is 314 g/mol. The van der Waals surface area contributed by atoms with E-state index in [2.05, 4.69) is 29.4 Å². The predicted octanol–water partition coefficient (Wildman–Crippen LogP) is 1.82. The molecule has 1 saturated heterocycles. The molecule has 1 amide bonds. The van der Waals surface area contributed by atoms with Crippen molar-refractivity contribution in [3.8, 4) is 0 Å². The van der Waals surface area contributed by atoms with E-state index in [0.29, 0.717) is 12.5 Å². The van der Waals surface area contributed by atoms with Crippen LogP contribution in [0, 0.1) is 0 Å². The average Bonchev–Trinajstić information content (AvgIpc) is 2.80. The second kappa shape index (κ2) is 13.0. The summed E-state index contributed by atoms with van der Waals surface area (Å²) >= 11 is 0. The van der Waals surface area contributed by atoms with Crippen LogP contribution in [-0.2, 0) is 4.79 Å². The molecule has 0 saturated carbocycles. The first-order valence-electron chi connectivity index (χ1n) is 6.98. The normalized spacial score (nSPS) is 17.7. The summed E-state index contributed by atoms with van der Waals surface area (Å²) in [5.74, 6) is 0.192. The highest BCUT2D eigenvalue weighted by Gasteiger charge is 2.17. The van der Waals surface area contributed by atoms with Crippen LogP contribution in [0.25, 0.3) is 0 Å². The SMILES string of the molecule is CCCN(CC)CCNC(=O)CC1CCCN1.Cl.Cl. The maximum atomic E-state index is 11.7. The number of likely N-dealkylation sites (N-methyl/N-ethyl adjacent to an activating group) is 1. The molecule has 116 valence electrons. The van der Waals surface area contributed by atoms with Gasteiger partial charge in [0.15, 0.2) is 0 Å². The lowest BCUT2D eigenvalue weighted by Gasteiger charge is -2.19. The van der Waals surface area contributed by atoms with Crippen molar-refractivity contribution in [3.63, 3.8) is 0 Å². The van der Waals surface area contributed by atoms with Gasteiger partial charge < -0.3 is 15.5 Å². The Morgan fingerprint density at radius 3 is 2.58 bits per heavy atom. The molecule has 0 spiro atoms. The Bertz CT molecular complexity index is 224. The lowest BCUT2D eigenvalue weighted by atomic mass is 10.1. The van der Waals surface area contributed by atoms with Gasteiger partial charge in [-0.2, -0.15) is 0 Å². The van der Waals surface area contributed by atoms with E-state index in [-0.39, 0.29) is 30.7 Å². The quantitative estimate of drug-likeness (QED) is 0.718. The highest BCUT2D eigenvalue weighted by molar-refractivity contribution is 5.85. The summed E-state index contributed by atoms with van der Waals surface area (Å²) in [6.07, 6.45) is 4.16. The van der Waals surface area contributed by atoms with Crippen LogP contribution in [0.4, 0.5) is 0 Å². The predicted molar refractivity (Wildman–Crippen MR) is 85.6 cm³/mol. The van der Waals surface area contributed by atoms with Crippen LogP contribution < -0.4 is 10.6 Å². The molecular weight excluding hydrogens is 285 g/mol. The topological polar surface area (TPSA) is 44.4 Å². The van der Waals surface area contributed by atoms with Gasteiger partial charge in [0.1, 0.15) is 0 Å². The third-order valence-corrected chi connectivity index (χ3v) is 3.33. The van der Waals surface area contributed by atoms with Gasteiger partial charge in [0.25, 0.3) is 0 Å². The van der Waals surface area contributed by atoms with Crippen LogP contribution in [-0.4, -0.2) is 49.6 Å². The molecule has 19 heavy (non-hydrogen) atoms. The van der Waals surface area contributed by atoms with Crippen molar-refractivity contribution in [1.82, 2.24) is 15.5 Å². The van der Waals surface area contributed by atoms with E-state index in [1.54, 1.807) is 0 Å². The number of hydrogen-bond donors (Lipinski definition) is 2. The van der Waals surface area contributed by atoms with Gasteiger partial charge >= 0.3 is 0 Å². The van der Waals surface area contributed by atoms with E-state index in [1.807, 2.05) is 0 Å². The Balaban J connectivity index is 0. The molecule has 0 aromatic carbocycles. The summed E-state index contributed by atoms with van der Waals surface area (Å²) in [6.45, 7) is 9.35. The molecule has 4 nitrogen and oxygen atoms in total. The fourth-order valence-corrected chi connectivity index (χ4v) is 2.32. The van der Waals surface area contributed by atoms with E-state index in [4.69, 9.17) is 0 Å². The summed E-state index contributed by atoms with van der Waals surface area (Å²) in [6, 6.07) is 0.410. The summed E-state index contributed by atoms with van der Waals surface area (Å²) in [5.41, 5.74) is 0. The third kappa shape index (κ3) is 9.50. The van der Waals surface area contributed by atoms with Gasteiger partial charge in [0.2, 0.25) is 5.91 Å². The number of hydrogen-bond acceptors (Lipinski definition) is 3. The molecule has 1 heterocycles. The maximum Gasteiger partial charge on any atom is 0.221 e. The zero-order valence-corrected chi connectivity index (χ0v) is 13.7. The summed E-state index contributed by atoms with van der Waals surface area (Å²) in [7, 11) is 0. The molecule has 1 aliphatic heterocycles. The molecule has 1 unspecified atom stereocenters. The number of amides is 1. The van der Waals surface area contributed by atoms with Gasteiger partial charge in [-0.3, -0.25) is 4.79 Å². The second-order valence-corrected chi connectivity index (χ2v) is 4.78. The van der Waals surface area contributed by atoms with E-state index in [9.17, 15) is 4.79 Å². The van der Waals surface area contributed by atoms with Gasteiger partial charge in [-0.05, 0) is 38.9 Å². The lowest BCUT2D eigenvalue weighted by molar-refractivity contribution is -0.121. The Hall–Kier alpha value is -0.0300. The standard InChI is InChI=1S/C13H27N3O.2ClH/c1-3-9-16(4-2)10-8-15-13(17)11-12-6-5-7-14-12;;/h12,14H,3-11H2,1-2H3,(H,15,17);2*1H. The van der Waals surface area contributed by atoms with E-state index >= 15 is 0 Å². The van der Waals surface area contributed by atoms with Crippen LogP contribution >= 0.6 is 24.8 Å². The fourth-order valence-electron chi connectivity index (χ4n) is 2.32. The molecular formula is C13H29Cl2N3O. The van der Waals surface area contributed by atoms with Crippen molar-refractivity contribution in [2.75, 3.05) is 32.7 Å². The van der Waals surface area contributed by atoms with E-state index < -0.39 is 0 Å². The van der Waals surface area contributed by atoms with Crippen molar-refractivity contribution < 1.29 is 4.79 Å². The first-order valence-corrected chi connectivity index (χ1v) is 6.98. The minimum Gasteiger partial charge on any atom is -0.355 e. The largest absolute Gasteiger partial charge is 0.355 e. The van der Waals surface area contributed by atoms with Crippen molar-refractivity contribution in [3.05, 3.63) is 0 Å². The summed E-state index contributed by atoms with van der Waals surface area (Å²) in [4.78, 5) is 14.0. The molecule has 1 atom stereocenters. The van der Waals surface area contributed by atoms with Gasteiger partial charge in [-0.25, -0.2) is 0 Å². The zero-order valence-electron chi connectivity index (χ0n) is 12.1. The van der Waals surface area contributed by atoms with E-state index in [1.165, 1.54) is 12.8 Å². The highest BCUT2D eigenvalue weighted by Crippen LogP contribution is 2.07. The molecule has 1 rings (SSSR count). The molecule has 6 heteroatoms. The molecule has 0 radical (unpaired) electrons. The molecule has 0 aromatic heterocycles. The minimum atomic E-state index is 0. The first-order chi connectivity index (χ1) is 8.26. The Morgan fingerprint density at radius 1 is 1.32 bits per heavy atom. The second-order valence-electron chi connectivity index (χ2n) is 4.78. The van der Waals surface area contributed by atoms with Crippen molar-refractivity contribution >= 4 is 30.7 Å². The summed E-state index contributed by atoms with van der Waals surface area (Å²) in [5, 5.41) is 6.36. The molecule has 0 aromatic rings. The molecule has 0 bridgehead atoms. The smallest absolute Gasteiger partial charge is 0.221 e. The van der Waals surface area contributed by atoms with Crippen molar-refractivity contribution in [2.45, 2.75) is 45.6 Å². The van der Waals surface area contributed by atoms with Gasteiger partial charge in [0.05, 0.1) is 0 Å². The minimum absolute atomic E-state index is 0. The molecule has 1 aliphatic rings. The Morgan fingerprint density at radius 2 is 2.05 bits per heavy atom. The monoisotopic (exact) mass is 313 g/mol. The fraction of sp³-hybridized carbons (Fsp3) is 0.923. The number of carbonyl (C=O) groups excluding carboxylic acids is 1. The molecule has 0 aliphatic carbocycles. The number of nitrogens with one attached hydrogen (secondary N) is 2. The number of nitrogens with zero attached hydrogens (tertiary/aromatic N) is 1. The first kappa shape index (κ1) is 21.3. The van der Waals surface area contributed by atoms with E-state index in [0.717, 1.165) is 39.1 Å². The van der Waals surface area contributed by atoms with Crippen molar-refractivity contribution in [1.29, 1.82) is 0 Å². The molecule has 2 N–H and O–H groups in total. The lowest BCUT2D eigenvalue weighted by Crippen LogP contribution is -2.37. The van der Waals surface area contributed by atoms with Crippen LogP contribution in [0.1, 0.15) is 39.5 Å². The zero-order chi connectivity index (χ0) is 12.5. The van der Waals surface area contributed by atoms with Crippen LogP contribution in [0.15, 0.2) is 0 Å². The third-order valence-electron chi connectivity index (χ3n) is 3.33. The number of carbonyl (C=O) groups is 1. The number of rotatable bonds is 8. The highest BCUT2D eigenvalue weighted by atomic mass is 35.5. The van der Waals surface area contributed by atoms with Crippen LogP contribution in [0.2, 0.25) is 0 Å².